The second-order valence-electron chi connectivity index (χ2n) is 17.5. The van der Waals surface area contributed by atoms with Crippen molar-refractivity contribution in [1.29, 1.82) is 0 Å². The van der Waals surface area contributed by atoms with Gasteiger partial charge in [-0.25, -0.2) is 0 Å². The number of benzene rings is 4. The van der Waals surface area contributed by atoms with Crippen molar-refractivity contribution in [3.05, 3.63) is 119 Å². The number of hydrogen-bond acceptors (Lipinski definition) is 0. The van der Waals surface area contributed by atoms with Crippen LogP contribution in [-0.4, -0.2) is 8.11 Å². The molecule has 10 aliphatic heterocycles. The summed E-state index contributed by atoms with van der Waals surface area (Å²) in [6.07, 6.45) is 0. The zero-order valence-electron chi connectivity index (χ0n) is 24.1. The van der Waals surface area contributed by atoms with E-state index in [9.17, 15) is 0 Å². The third kappa shape index (κ3) is 0.569. The summed E-state index contributed by atoms with van der Waals surface area (Å²) in [6.45, 7) is 5.85. The normalized spacial score (nSPS) is 58.2. The van der Waals surface area contributed by atoms with Crippen molar-refractivity contribution < 1.29 is 6.51 Å². The molecule has 0 aromatic heterocycles. The Morgan fingerprint density at radius 2 is 0.683 bits per heavy atom. The Labute approximate surface area is 236 Å². The van der Waals surface area contributed by atoms with Crippen LogP contribution in [0.4, 0.5) is 0 Å². The molecule has 10 heterocycles. The molecule has 3 heteroatoms. The molecule has 206 valence electrons. The SMILES string of the molecule is Cc1ccccc1P(c1ccccc1C)[C]12[CH]3[CH]4[CH]5[C]1(P(c1ccccc1C)c1ccccc1C)[Fe]43521678[CH]2[CH]1[CH]6[CH]7[CH]28. The second kappa shape index (κ2) is 3.39. The molecule has 4 aromatic rings. The van der Waals surface area contributed by atoms with E-state index in [0.29, 0.717) is 8.11 Å². The van der Waals surface area contributed by atoms with E-state index >= 15 is 0 Å². The quantitative estimate of drug-likeness (QED) is 0.151. The van der Waals surface area contributed by atoms with Crippen LogP contribution in [0.5, 0.6) is 0 Å². The van der Waals surface area contributed by atoms with Gasteiger partial charge in [-0.2, -0.15) is 0 Å². The third-order valence-electron chi connectivity index (χ3n) is 20.8. The van der Waals surface area contributed by atoms with Crippen LogP contribution < -0.4 is 21.2 Å². The average Bonchev–Trinajstić information content (AvgIpc) is 3.93. The molecular weight excluding hydrogens is 574 g/mol. The summed E-state index contributed by atoms with van der Waals surface area (Å²) in [5.41, 5.74) is 6.29. The van der Waals surface area contributed by atoms with E-state index in [1.165, 1.54) is 38.5 Å². The molecule has 14 rings (SSSR count). The van der Waals surface area contributed by atoms with Crippen LogP contribution in [0.1, 0.15) is 22.3 Å². The van der Waals surface area contributed by atoms with Crippen molar-refractivity contribution in [2.24, 2.45) is 0 Å². The zero-order chi connectivity index (χ0) is 27.0. The van der Waals surface area contributed by atoms with Crippen LogP contribution in [0.3, 0.4) is 0 Å². The fourth-order valence-corrected chi connectivity index (χ4v) is 127. The monoisotopic (exact) mass is 610 g/mol. The van der Waals surface area contributed by atoms with E-state index in [1.54, 1.807) is 43.5 Å². The predicted octanol–water partition coefficient (Wildman–Crippen LogP) is 8.69. The molecular formula is C38H36FeP2. The van der Waals surface area contributed by atoms with Gasteiger partial charge in [0.1, 0.15) is 0 Å². The van der Waals surface area contributed by atoms with Crippen LogP contribution in [0, 0.1) is 27.7 Å². The van der Waals surface area contributed by atoms with E-state index in [-0.39, 0.29) is 15.8 Å². The molecule has 10 saturated heterocycles. The first-order valence-electron chi connectivity index (χ1n) is 15.8. The van der Waals surface area contributed by atoms with Gasteiger partial charge in [-0.05, 0) is 0 Å². The number of rotatable bonds is 6. The van der Waals surface area contributed by atoms with Crippen LogP contribution in [0.2, 0.25) is 38.5 Å². The van der Waals surface area contributed by atoms with Gasteiger partial charge in [0.15, 0.2) is 0 Å². The fraction of sp³-hybridized carbons (Fsp3) is 0.368. The first kappa shape index (κ1) is 21.0. The molecule has 4 unspecified atom stereocenters. The fourth-order valence-electron chi connectivity index (χ4n) is 21.8. The van der Waals surface area contributed by atoms with Gasteiger partial charge in [-0.1, -0.05) is 0 Å². The summed E-state index contributed by atoms with van der Waals surface area (Å²) < 4.78 is 1.41. The zero-order valence-corrected chi connectivity index (χ0v) is 27.0. The van der Waals surface area contributed by atoms with Gasteiger partial charge in [-0.3, -0.25) is 0 Å². The van der Waals surface area contributed by atoms with Crippen molar-refractivity contribution in [2.75, 3.05) is 0 Å². The molecule has 0 bridgehead atoms. The van der Waals surface area contributed by atoms with Gasteiger partial charge in [0, 0.05) is 0 Å². The van der Waals surface area contributed by atoms with Crippen LogP contribution in [-0.2, 0) is 6.51 Å². The molecule has 0 radical (unpaired) electrons. The van der Waals surface area contributed by atoms with Gasteiger partial charge in [0.25, 0.3) is 0 Å². The molecule has 10 fully saturated rings. The molecule has 0 aliphatic carbocycles. The minimum absolute atomic E-state index is 0.375. The Morgan fingerprint density at radius 3 is 0.902 bits per heavy atom. The molecule has 1 spiro atoms. The van der Waals surface area contributed by atoms with Crippen molar-refractivity contribution in [3.63, 3.8) is 0 Å². The van der Waals surface area contributed by atoms with Gasteiger partial charge in [-0.15, -0.1) is 0 Å². The van der Waals surface area contributed by atoms with Gasteiger partial charge in [0.05, 0.1) is 0 Å². The van der Waals surface area contributed by atoms with Crippen LogP contribution in [0.25, 0.3) is 0 Å². The van der Waals surface area contributed by atoms with Gasteiger partial charge in [0.2, 0.25) is 0 Å². The summed E-state index contributed by atoms with van der Waals surface area (Å²) in [6, 6.07) is 39.0. The Balaban J connectivity index is 1.18. The van der Waals surface area contributed by atoms with Gasteiger partial charge < -0.3 is 0 Å². The topological polar surface area (TPSA) is 0 Å². The molecule has 10 aliphatic rings. The van der Waals surface area contributed by atoms with E-state index in [2.05, 4.69) is 125 Å². The number of hydrogen-bond donors (Lipinski definition) is 0. The molecule has 0 saturated carbocycles. The summed E-state index contributed by atoms with van der Waals surface area (Å²) >= 11 is 0. The Kier molecular flexibility index (Phi) is 1.74. The molecule has 0 nitrogen and oxygen atoms in total. The Hall–Kier alpha value is -1.74. The average molecular weight is 610 g/mol. The van der Waals surface area contributed by atoms with Crippen LogP contribution in [0.15, 0.2) is 97.1 Å². The third-order valence-corrected chi connectivity index (χ3v) is 78.3. The molecule has 0 amide bonds. The first-order valence-corrected chi connectivity index (χ1v) is 24.7. The van der Waals surface area contributed by atoms with E-state index in [4.69, 9.17) is 0 Å². The second-order valence-corrected chi connectivity index (χ2v) is 46.2. The molecule has 4 atom stereocenters. The summed E-state index contributed by atoms with van der Waals surface area (Å²) in [5, 5.41) is 7.09. The van der Waals surface area contributed by atoms with Crippen molar-refractivity contribution in [1.82, 2.24) is 0 Å². The minimum atomic E-state index is -3.95. The first-order chi connectivity index (χ1) is 19.8. The maximum absolute atomic E-state index is 3.95. The summed E-state index contributed by atoms with van der Waals surface area (Å²) in [4.78, 5) is 10.1. The Morgan fingerprint density at radius 1 is 0.415 bits per heavy atom. The molecule has 0 N–H and O–H groups in total. The van der Waals surface area contributed by atoms with Gasteiger partial charge >= 0.3 is 237 Å². The maximum atomic E-state index is 2.61. The van der Waals surface area contributed by atoms with Crippen molar-refractivity contribution in [2.45, 2.75) is 74.3 Å². The van der Waals surface area contributed by atoms with E-state index in [0.717, 1.165) is 0 Å². The molecule has 41 heavy (non-hydrogen) atoms. The Bertz CT molecular complexity index is 2140. The van der Waals surface area contributed by atoms with Crippen molar-refractivity contribution in [3.8, 4) is 0 Å². The van der Waals surface area contributed by atoms with E-state index < -0.39 is 6.51 Å². The number of aryl methyl sites for hydroxylation is 4. The summed E-state index contributed by atoms with van der Waals surface area (Å²) in [5.74, 6) is 0. The number of fused-ring (bicyclic) bond motifs is 10. The van der Waals surface area contributed by atoms with Crippen molar-refractivity contribution >= 4 is 37.1 Å². The standard InChI is InChI=1S/C33H31P2.C5H5.Fe/c1-24-14-5-9-18-28(24)34(29-19-10-6-15-25(29)2)32-22-13-23-33(32)35(30-20-11-7-16-26(30)3)31-21-12-8-17-27(31)4;1-2-4-5-3-1;/h5-23H,1-4H3;1-5H;. The molecule has 4 aromatic carbocycles. The van der Waals surface area contributed by atoms with E-state index in [1.807, 2.05) is 0 Å². The summed E-state index contributed by atoms with van der Waals surface area (Å²) in [7, 11) is -0.750. The van der Waals surface area contributed by atoms with Crippen LogP contribution >= 0.6 is 15.8 Å². The predicted molar refractivity (Wildman–Crippen MR) is 173 cm³/mol.